The highest BCUT2D eigenvalue weighted by atomic mass is 79.9. The Morgan fingerprint density at radius 3 is 2.92 bits per heavy atom. The number of hydrogen-bond acceptors (Lipinski definition) is 1. The Labute approximate surface area is 85.7 Å². The molecule has 0 spiro atoms. The summed E-state index contributed by atoms with van der Waals surface area (Å²) >= 11 is 3.46. The van der Waals surface area contributed by atoms with Gasteiger partial charge in [0.1, 0.15) is 4.60 Å². The highest BCUT2D eigenvalue weighted by Gasteiger charge is 2.07. The van der Waals surface area contributed by atoms with Crippen LogP contribution in [0.5, 0.6) is 0 Å². The number of benzene rings is 1. The molecule has 0 radical (unpaired) electrons. The van der Waals surface area contributed by atoms with Gasteiger partial charge in [-0.05, 0) is 35.3 Å². The van der Waals surface area contributed by atoms with Crippen molar-refractivity contribution in [1.82, 2.24) is 9.78 Å². The van der Waals surface area contributed by atoms with Crippen LogP contribution in [0.3, 0.4) is 0 Å². The Balaban J connectivity index is 2.89. The van der Waals surface area contributed by atoms with Crippen molar-refractivity contribution >= 4 is 26.8 Å². The first-order chi connectivity index (χ1) is 6.24. The van der Waals surface area contributed by atoms with Gasteiger partial charge in [0, 0.05) is 11.9 Å². The van der Waals surface area contributed by atoms with E-state index in [1.807, 2.05) is 4.68 Å². The van der Waals surface area contributed by atoms with Crippen molar-refractivity contribution in [2.45, 2.75) is 20.4 Å². The van der Waals surface area contributed by atoms with Crippen LogP contribution in [0.15, 0.2) is 22.8 Å². The molecule has 0 N–H and O–H groups in total. The fraction of sp³-hybridized carbons (Fsp3) is 0.300. The van der Waals surface area contributed by atoms with Crippen molar-refractivity contribution < 1.29 is 0 Å². The van der Waals surface area contributed by atoms with E-state index in [0.29, 0.717) is 0 Å². The van der Waals surface area contributed by atoms with Crippen LogP contribution >= 0.6 is 15.9 Å². The average molecular weight is 239 g/mol. The molecule has 0 saturated heterocycles. The molecular formula is C10H11BrN2. The number of fused-ring (bicyclic) bond motifs is 1. The number of hydrogen-bond donors (Lipinski definition) is 0. The van der Waals surface area contributed by atoms with E-state index in [1.54, 1.807) is 0 Å². The van der Waals surface area contributed by atoms with Crippen LogP contribution in [-0.4, -0.2) is 9.78 Å². The predicted octanol–water partition coefficient (Wildman–Crippen LogP) is 3.13. The van der Waals surface area contributed by atoms with E-state index < -0.39 is 0 Å². The van der Waals surface area contributed by atoms with Gasteiger partial charge in [-0.15, -0.1) is 0 Å². The summed E-state index contributed by atoms with van der Waals surface area (Å²) in [6.07, 6.45) is 0. The summed E-state index contributed by atoms with van der Waals surface area (Å²) < 4.78 is 2.96. The first kappa shape index (κ1) is 8.75. The molecule has 0 aliphatic rings. The first-order valence-corrected chi connectivity index (χ1v) is 5.15. The van der Waals surface area contributed by atoms with Crippen molar-refractivity contribution in [1.29, 1.82) is 0 Å². The molecule has 1 heterocycles. The standard InChI is InChI=1S/C10H11BrN2/c1-3-13-9-7(2)5-4-6-8(9)10(11)12-13/h4-6H,3H2,1-2H3. The molecule has 1 aromatic carbocycles. The number of para-hydroxylation sites is 1. The monoisotopic (exact) mass is 238 g/mol. The summed E-state index contributed by atoms with van der Waals surface area (Å²) in [6, 6.07) is 6.26. The Bertz CT molecular complexity index is 445. The van der Waals surface area contributed by atoms with E-state index in [2.05, 4.69) is 53.1 Å². The van der Waals surface area contributed by atoms with Crippen molar-refractivity contribution in [3.8, 4) is 0 Å². The molecule has 0 atom stereocenters. The molecule has 0 aliphatic heterocycles. The summed E-state index contributed by atoms with van der Waals surface area (Å²) in [6.45, 7) is 5.13. The van der Waals surface area contributed by atoms with Gasteiger partial charge in [0.25, 0.3) is 0 Å². The highest BCUT2D eigenvalue weighted by Crippen LogP contribution is 2.25. The molecule has 13 heavy (non-hydrogen) atoms. The molecule has 0 aliphatic carbocycles. The number of rotatable bonds is 1. The van der Waals surface area contributed by atoms with Crippen LogP contribution in [0.1, 0.15) is 12.5 Å². The number of aromatic nitrogens is 2. The van der Waals surface area contributed by atoms with E-state index in [1.165, 1.54) is 16.5 Å². The molecule has 0 fully saturated rings. The second-order valence-electron chi connectivity index (χ2n) is 3.08. The lowest BCUT2D eigenvalue weighted by Gasteiger charge is -2.00. The zero-order valence-electron chi connectivity index (χ0n) is 7.71. The van der Waals surface area contributed by atoms with Gasteiger partial charge in [0.2, 0.25) is 0 Å². The SMILES string of the molecule is CCn1nc(Br)c2cccc(C)c21. The third-order valence-corrected chi connectivity index (χ3v) is 2.81. The first-order valence-electron chi connectivity index (χ1n) is 4.35. The van der Waals surface area contributed by atoms with E-state index in [4.69, 9.17) is 0 Å². The maximum absolute atomic E-state index is 4.40. The van der Waals surface area contributed by atoms with E-state index in [9.17, 15) is 0 Å². The van der Waals surface area contributed by atoms with Crippen LogP contribution in [0.4, 0.5) is 0 Å². The highest BCUT2D eigenvalue weighted by molar-refractivity contribution is 9.10. The lowest BCUT2D eigenvalue weighted by molar-refractivity contribution is 0.677. The minimum absolute atomic E-state index is 0.910. The summed E-state index contributed by atoms with van der Waals surface area (Å²) in [5.41, 5.74) is 2.51. The molecule has 2 rings (SSSR count). The quantitative estimate of drug-likeness (QED) is 0.747. The normalized spacial score (nSPS) is 11.0. The number of nitrogens with zero attached hydrogens (tertiary/aromatic N) is 2. The minimum atomic E-state index is 0.910. The molecular weight excluding hydrogens is 228 g/mol. The molecule has 1 aromatic heterocycles. The molecule has 3 heteroatoms. The van der Waals surface area contributed by atoms with E-state index in [-0.39, 0.29) is 0 Å². The molecule has 0 bridgehead atoms. The number of halogens is 1. The lowest BCUT2D eigenvalue weighted by Crippen LogP contribution is -1.96. The van der Waals surface area contributed by atoms with Crippen LogP contribution in [0.2, 0.25) is 0 Å². The van der Waals surface area contributed by atoms with Gasteiger partial charge in [-0.1, -0.05) is 18.2 Å². The van der Waals surface area contributed by atoms with Gasteiger partial charge in [0.05, 0.1) is 5.52 Å². The van der Waals surface area contributed by atoms with Crippen molar-refractivity contribution in [2.75, 3.05) is 0 Å². The zero-order valence-corrected chi connectivity index (χ0v) is 9.30. The molecule has 68 valence electrons. The van der Waals surface area contributed by atoms with E-state index in [0.717, 1.165) is 11.1 Å². The zero-order chi connectivity index (χ0) is 9.42. The topological polar surface area (TPSA) is 17.8 Å². The van der Waals surface area contributed by atoms with Gasteiger partial charge in [-0.3, -0.25) is 4.68 Å². The summed E-state index contributed by atoms with van der Waals surface area (Å²) in [5.74, 6) is 0. The van der Waals surface area contributed by atoms with Crippen LogP contribution in [0, 0.1) is 6.92 Å². The third-order valence-electron chi connectivity index (χ3n) is 2.23. The maximum atomic E-state index is 4.40. The van der Waals surface area contributed by atoms with Gasteiger partial charge in [0.15, 0.2) is 0 Å². The number of aryl methyl sites for hydroxylation is 2. The molecule has 2 nitrogen and oxygen atoms in total. The van der Waals surface area contributed by atoms with Gasteiger partial charge in [-0.25, -0.2) is 0 Å². The average Bonchev–Trinajstić information content (AvgIpc) is 2.45. The molecule has 0 amide bonds. The second kappa shape index (κ2) is 3.14. The van der Waals surface area contributed by atoms with Gasteiger partial charge in [-0.2, -0.15) is 5.10 Å². The molecule has 2 aromatic rings. The van der Waals surface area contributed by atoms with Gasteiger partial charge >= 0.3 is 0 Å². The smallest absolute Gasteiger partial charge is 0.136 e. The summed E-state index contributed by atoms with van der Waals surface area (Å²) in [4.78, 5) is 0. The van der Waals surface area contributed by atoms with Crippen molar-refractivity contribution in [3.05, 3.63) is 28.4 Å². The largest absolute Gasteiger partial charge is 0.264 e. The lowest BCUT2D eigenvalue weighted by atomic mass is 10.2. The predicted molar refractivity (Wildman–Crippen MR) is 57.8 cm³/mol. The Hall–Kier alpha value is -0.830. The second-order valence-corrected chi connectivity index (χ2v) is 3.83. The fourth-order valence-electron chi connectivity index (χ4n) is 1.61. The summed E-state index contributed by atoms with van der Waals surface area (Å²) in [7, 11) is 0. The molecule has 0 unspecified atom stereocenters. The Morgan fingerprint density at radius 1 is 1.46 bits per heavy atom. The minimum Gasteiger partial charge on any atom is -0.264 e. The van der Waals surface area contributed by atoms with Crippen molar-refractivity contribution in [2.24, 2.45) is 0 Å². The van der Waals surface area contributed by atoms with E-state index >= 15 is 0 Å². The maximum Gasteiger partial charge on any atom is 0.136 e. The van der Waals surface area contributed by atoms with Gasteiger partial charge < -0.3 is 0 Å². The summed E-state index contributed by atoms with van der Waals surface area (Å²) in [5, 5.41) is 5.60. The third kappa shape index (κ3) is 1.27. The Morgan fingerprint density at radius 2 is 2.23 bits per heavy atom. The molecule has 0 saturated carbocycles. The van der Waals surface area contributed by atoms with Crippen LogP contribution in [-0.2, 0) is 6.54 Å². The van der Waals surface area contributed by atoms with Crippen LogP contribution in [0.25, 0.3) is 10.9 Å². The van der Waals surface area contributed by atoms with Crippen LogP contribution < -0.4 is 0 Å². The fourth-order valence-corrected chi connectivity index (χ4v) is 2.12. The Kier molecular flexibility index (Phi) is 2.12. The van der Waals surface area contributed by atoms with Crippen molar-refractivity contribution in [3.63, 3.8) is 0 Å².